The summed E-state index contributed by atoms with van der Waals surface area (Å²) in [6.07, 6.45) is -0.535. The Labute approximate surface area is 164 Å². The Kier molecular flexibility index (Phi) is 5.93. The molecular weight excluding hydrogens is 393 g/mol. The molecule has 0 atom stereocenters. The summed E-state index contributed by atoms with van der Waals surface area (Å²) < 4.78 is 40.3. The molecule has 150 valence electrons. The lowest BCUT2D eigenvalue weighted by atomic mass is 9.99. The number of fused-ring (bicyclic) bond motifs is 1. The summed E-state index contributed by atoms with van der Waals surface area (Å²) in [4.78, 5) is 27.9. The number of carbonyl (C=O) groups is 2. The number of hydrogen-bond acceptors (Lipinski definition) is 4. The predicted molar refractivity (Wildman–Crippen MR) is 99.7 cm³/mol. The van der Waals surface area contributed by atoms with Gasteiger partial charge in [0.1, 0.15) is 5.75 Å². The number of amides is 2. The number of rotatable bonds is 5. The van der Waals surface area contributed by atoms with Crippen LogP contribution in [0.4, 0.5) is 18.9 Å². The molecule has 1 N–H and O–H groups in total. The molecule has 0 saturated carbocycles. The van der Waals surface area contributed by atoms with Crippen LogP contribution in [0, 0.1) is 0 Å². The third-order valence-corrected chi connectivity index (χ3v) is 5.53. The maximum atomic E-state index is 12.6. The number of benzene rings is 1. The second-order valence-corrected chi connectivity index (χ2v) is 7.68. The summed E-state index contributed by atoms with van der Waals surface area (Å²) in [6, 6.07) is 6.72. The first-order chi connectivity index (χ1) is 13.2. The number of ether oxygens (including phenoxy) is 1. The van der Waals surface area contributed by atoms with Gasteiger partial charge in [-0.1, -0.05) is 0 Å². The maximum absolute atomic E-state index is 12.6. The first-order valence-electron chi connectivity index (χ1n) is 8.74. The molecule has 5 nitrogen and oxygen atoms in total. The van der Waals surface area contributed by atoms with Crippen LogP contribution in [-0.4, -0.2) is 36.7 Å². The lowest BCUT2D eigenvalue weighted by molar-refractivity contribution is -0.274. The summed E-state index contributed by atoms with van der Waals surface area (Å²) in [6.45, 7) is -0.164. The van der Waals surface area contributed by atoms with E-state index >= 15 is 0 Å². The third-order valence-electron chi connectivity index (χ3n) is 4.31. The monoisotopic (exact) mass is 412 g/mol. The number of hydrogen-bond donors (Lipinski definition) is 1. The van der Waals surface area contributed by atoms with E-state index in [1.165, 1.54) is 38.8 Å². The molecule has 1 aromatic heterocycles. The fraction of sp³-hybridized carbons (Fsp3) is 0.368. The van der Waals surface area contributed by atoms with E-state index < -0.39 is 12.3 Å². The molecule has 0 spiro atoms. The van der Waals surface area contributed by atoms with E-state index in [0.717, 1.165) is 37.8 Å². The van der Waals surface area contributed by atoms with E-state index in [2.05, 4.69) is 10.1 Å². The van der Waals surface area contributed by atoms with Gasteiger partial charge in [0.05, 0.1) is 11.4 Å². The van der Waals surface area contributed by atoms with E-state index in [1.807, 2.05) is 6.07 Å². The van der Waals surface area contributed by atoms with Gasteiger partial charge in [-0.2, -0.15) is 0 Å². The minimum absolute atomic E-state index is 0.164. The van der Waals surface area contributed by atoms with Crippen molar-refractivity contribution < 1.29 is 27.5 Å². The zero-order valence-electron chi connectivity index (χ0n) is 15.1. The number of nitrogens with zero attached hydrogens (tertiary/aromatic N) is 1. The molecule has 0 aliphatic heterocycles. The summed E-state index contributed by atoms with van der Waals surface area (Å²) in [5, 5.41) is 2.55. The van der Waals surface area contributed by atoms with Crippen LogP contribution >= 0.6 is 11.3 Å². The fourth-order valence-corrected chi connectivity index (χ4v) is 4.26. The zero-order chi connectivity index (χ0) is 20.3. The molecule has 1 aromatic carbocycles. The number of anilines is 1. The Balaban J connectivity index is 1.55. The van der Waals surface area contributed by atoms with Gasteiger partial charge in [0.2, 0.25) is 5.91 Å². The Bertz CT molecular complexity index is 839. The van der Waals surface area contributed by atoms with Crippen LogP contribution in [0.3, 0.4) is 0 Å². The smallest absolute Gasteiger partial charge is 0.406 e. The summed E-state index contributed by atoms with van der Waals surface area (Å²) in [7, 11) is 1.54. The van der Waals surface area contributed by atoms with Gasteiger partial charge < -0.3 is 15.0 Å². The highest BCUT2D eigenvalue weighted by Crippen LogP contribution is 2.30. The van der Waals surface area contributed by atoms with Crippen molar-refractivity contribution in [3.63, 3.8) is 0 Å². The van der Waals surface area contributed by atoms with Gasteiger partial charge in [-0.3, -0.25) is 9.59 Å². The minimum Gasteiger partial charge on any atom is -0.406 e. The van der Waals surface area contributed by atoms with Gasteiger partial charge in [-0.05, 0) is 61.6 Å². The Morgan fingerprint density at radius 2 is 1.86 bits per heavy atom. The van der Waals surface area contributed by atoms with Crippen LogP contribution < -0.4 is 10.1 Å². The van der Waals surface area contributed by atoms with Gasteiger partial charge in [-0.25, -0.2) is 0 Å². The van der Waals surface area contributed by atoms with Crippen LogP contribution in [0.2, 0.25) is 0 Å². The van der Waals surface area contributed by atoms with Gasteiger partial charge in [0, 0.05) is 17.6 Å². The summed E-state index contributed by atoms with van der Waals surface area (Å²) >= 11 is 1.48. The largest absolute Gasteiger partial charge is 0.573 e. The third kappa shape index (κ3) is 5.25. The number of halogens is 3. The predicted octanol–water partition coefficient (Wildman–Crippen LogP) is 4.24. The number of alkyl halides is 3. The minimum atomic E-state index is -4.77. The highest BCUT2D eigenvalue weighted by molar-refractivity contribution is 7.14. The molecule has 0 unspecified atom stereocenters. The highest BCUT2D eigenvalue weighted by atomic mass is 32.1. The molecule has 1 heterocycles. The van der Waals surface area contributed by atoms with E-state index in [0.29, 0.717) is 10.6 Å². The van der Waals surface area contributed by atoms with Gasteiger partial charge >= 0.3 is 6.36 Å². The Morgan fingerprint density at radius 1 is 1.18 bits per heavy atom. The van der Waals surface area contributed by atoms with Gasteiger partial charge in [-0.15, -0.1) is 24.5 Å². The number of nitrogens with one attached hydrogen (secondary N) is 1. The van der Waals surface area contributed by atoms with Crippen LogP contribution in [0.1, 0.15) is 33.0 Å². The number of aryl methyl sites for hydroxylation is 2. The van der Waals surface area contributed by atoms with Crippen LogP contribution in [0.5, 0.6) is 5.75 Å². The zero-order valence-corrected chi connectivity index (χ0v) is 16.0. The maximum Gasteiger partial charge on any atom is 0.573 e. The van der Waals surface area contributed by atoms with Crippen LogP contribution in [0.25, 0.3) is 0 Å². The van der Waals surface area contributed by atoms with Crippen molar-refractivity contribution in [3.8, 4) is 5.75 Å². The average Bonchev–Trinajstić information content (AvgIpc) is 3.05. The Hall–Kier alpha value is -2.55. The van der Waals surface area contributed by atoms with E-state index in [4.69, 9.17) is 0 Å². The molecule has 1 aliphatic rings. The van der Waals surface area contributed by atoms with Crippen molar-refractivity contribution in [2.45, 2.75) is 32.0 Å². The van der Waals surface area contributed by atoms with Crippen LogP contribution in [0.15, 0.2) is 30.3 Å². The fourth-order valence-electron chi connectivity index (χ4n) is 3.01. The van der Waals surface area contributed by atoms with Crippen molar-refractivity contribution in [1.82, 2.24) is 4.90 Å². The SMILES string of the molecule is CN(CC(=O)Nc1ccc(OC(F)(F)F)cc1)C(=O)c1cc2c(s1)CCCC2. The summed E-state index contributed by atoms with van der Waals surface area (Å²) in [5.41, 5.74) is 1.53. The van der Waals surface area contributed by atoms with Gasteiger partial charge in [0.15, 0.2) is 0 Å². The molecule has 0 saturated heterocycles. The molecule has 2 aromatic rings. The van der Waals surface area contributed by atoms with E-state index in [9.17, 15) is 22.8 Å². The molecule has 0 fully saturated rings. The second-order valence-electron chi connectivity index (χ2n) is 6.55. The number of thiophene rings is 1. The van der Waals surface area contributed by atoms with Gasteiger partial charge in [0.25, 0.3) is 5.91 Å². The summed E-state index contributed by atoms with van der Waals surface area (Å²) in [5.74, 6) is -1.04. The Morgan fingerprint density at radius 3 is 2.50 bits per heavy atom. The molecule has 9 heteroatoms. The molecule has 1 aliphatic carbocycles. The normalized spacial score (nSPS) is 13.6. The van der Waals surface area contributed by atoms with Crippen molar-refractivity contribution in [3.05, 3.63) is 45.6 Å². The molecule has 0 bridgehead atoms. The van der Waals surface area contributed by atoms with E-state index in [1.54, 1.807) is 7.05 Å². The lowest BCUT2D eigenvalue weighted by Gasteiger charge is -2.16. The van der Waals surface area contributed by atoms with Crippen molar-refractivity contribution in [2.24, 2.45) is 0 Å². The van der Waals surface area contributed by atoms with Crippen molar-refractivity contribution in [2.75, 3.05) is 18.9 Å². The topological polar surface area (TPSA) is 58.6 Å². The molecular formula is C19H19F3N2O3S. The lowest BCUT2D eigenvalue weighted by Crippen LogP contribution is -2.34. The molecule has 28 heavy (non-hydrogen) atoms. The van der Waals surface area contributed by atoms with Crippen LogP contribution in [-0.2, 0) is 17.6 Å². The molecule has 3 rings (SSSR count). The average molecular weight is 412 g/mol. The second kappa shape index (κ2) is 8.22. The first-order valence-corrected chi connectivity index (χ1v) is 9.55. The number of carbonyl (C=O) groups excluding carboxylic acids is 2. The first kappa shape index (κ1) is 20.2. The highest BCUT2D eigenvalue weighted by Gasteiger charge is 2.31. The number of likely N-dealkylation sites (N-methyl/N-ethyl adjacent to an activating group) is 1. The standard InChI is InChI=1S/C19H19F3N2O3S/c1-24(18(26)16-10-12-4-2-3-5-15(12)28-16)11-17(25)23-13-6-8-14(9-7-13)27-19(20,21)22/h6-10H,2-5,11H2,1H3,(H,23,25). The molecule has 0 radical (unpaired) electrons. The van der Waals surface area contributed by atoms with Crippen molar-refractivity contribution in [1.29, 1.82) is 0 Å². The van der Waals surface area contributed by atoms with E-state index in [-0.39, 0.29) is 18.2 Å². The molecule has 2 amide bonds. The quantitative estimate of drug-likeness (QED) is 0.799. The van der Waals surface area contributed by atoms with Crippen molar-refractivity contribution >= 4 is 28.8 Å².